The molecule has 10 nitrogen and oxygen atoms in total. The zero-order valence-corrected chi connectivity index (χ0v) is 18.9. The maximum absolute atomic E-state index is 12.8. The Bertz CT molecular complexity index is 987. The highest BCUT2D eigenvalue weighted by molar-refractivity contribution is 5.76. The summed E-state index contributed by atoms with van der Waals surface area (Å²) in [6, 6.07) is 6.56. The van der Waals surface area contributed by atoms with Crippen LogP contribution in [-0.2, 0) is 27.4 Å². The molecule has 32 heavy (non-hydrogen) atoms. The number of aromatic nitrogens is 2. The van der Waals surface area contributed by atoms with E-state index in [4.69, 9.17) is 18.9 Å². The summed E-state index contributed by atoms with van der Waals surface area (Å²) < 4.78 is 22.5. The Hall–Kier alpha value is -3.11. The minimum atomic E-state index is -0.303. The SMILES string of the molecule is COCc1cc(=O)n(CC(=O)NC(C)c2ccc(OC)c(OC)c2)c(N2CCOCC2)n1. The van der Waals surface area contributed by atoms with Gasteiger partial charge in [-0.15, -0.1) is 0 Å². The summed E-state index contributed by atoms with van der Waals surface area (Å²) in [6.45, 7) is 4.18. The lowest BCUT2D eigenvalue weighted by Gasteiger charge is -2.30. The van der Waals surface area contributed by atoms with Crippen LogP contribution in [0.15, 0.2) is 29.1 Å². The Kier molecular flexibility index (Phi) is 8.07. The van der Waals surface area contributed by atoms with Gasteiger partial charge in [0.2, 0.25) is 11.9 Å². The molecule has 1 aromatic carbocycles. The van der Waals surface area contributed by atoms with Crippen LogP contribution in [0.2, 0.25) is 0 Å². The molecule has 0 bridgehead atoms. The number of nitrogens with zero attached hydrogens (tertiary/aromatic N) is 3. The summed E-state index contributed by atoms with van der Waals surface area (Å²) >= 11 is 0. The van der Waals surface area contributed by atoms with Gasteiger partial charge in [-0.25, -0.2) is 4.98 Å². The molecule has 1 unspecified atom stereocenters. The van der Waals surface area contributed by atoms with Gasteiger partial charge in [0.15, 0.2) is 11.5 Å². The molecule has 1 amide bonds. The van der Waals surface area contributed by atoms with E-state index in [1.165, 1.54) is 10.6 Å². The van der Waals surface area contributed by atoms with E-state index in [0.29, 0.717) is 49.4 Å². The van der Waals surface area contributed by atoms with Crippen molar-refractivity contribution in [1.29, 1.82) is 0 Å². The van der Waals surface area contributed by atoms with E-state index in [0.717, 1.165) is 5.56 Å². The van der Waals surface area contributed by atoms with Crippen molar-refractivity contribution in [3.05, 3.63) is 45.9 Å². The number of methoxy groups -OCH3 is 3. The van der Waals surface area contributed by atoms with Crippen LogP contribution in [-0.4, -0.2) is 63.1 Å². The monoisotopic (exact) mass is 446 g/mol. The van der Waals surface area contributed by atoms with Crippen LogP contribution < -0.4 is 25.2 Å². The van der Waals surface area contributed by atoms with Gasteiger partial charge >= 0.3 is 0 Å². The summed E-state index contributed by atoms with van der Waals surface area (Å²) in [5.41, 5.74) is 1.07. The number of hydrogen-bond acceptors (Lipinski definition) is 8. The molecule has 1 aliphatic rings. The molecule has 1 aromatic heterocycles. The van der Waals surface area contributed by atoms with Crippen LogP contribution in [0.3, 0.4) is 0 Å². The standard InChI is InChI=1S/C22H30N4O6/c1-15(16-5-6-18(30-3)19(11-16)31-4)23-20(27)13-26-21(28)12-17(14-29-2)24-22(26)25-7-9-32-10-8-25/h5-6,11-12,15H,7-10,13-14H2,1-4H3,(H,23,27). The third kappa shape index (κ3) is 5.57. The number of carbonyl (C=O) groups excluding carboxylic acids is 1. The highest BCUT2D eigenvalue weighted by Crippen LogP contribution is 2.29. The van der Waals surface area contributed by atoms with Crippen molar-refractivity contribution in [2.24, 2.45) is 0 Å². The fourth-order valence-corrected chi connectivity index (χ4v) is 3.55. The van der Waals surface area contributed by atoms with Gasteiger partial charge in [-0.1, -0.05) is 6.07 Å². The fourth-order valence-electron chi connectivity index (χ4n) is 3.55. The first-order valence-corrected chi connectivity index (χ1v) is 10.4. The van der Waals surface area contributed by atoms with Gasteiger partial charge in [-0.3, -0.25) is 14.2 Å². The summed E-state index contributed by atoms with van der Waals surface area (Å²) in [5, 5.41) is 2.94. The molecule has 1 atom stereocenters. The molecular formula is C22H30N4O6. The van der Waals surface area contributed by atoms with E-state index in [2.05, 4.69) is 10.3 Å². The summed E-state index contributed by atoms with van der Waals surface area (Å²) in [4.78, 5) is 32.2. The molecule has 0 aliphatic carbocycles. The number of carbonyl (C=O) groups is 1. The lowest BCUT2D eigenvalue weighted by atomic mass is 10.1. The lowest BCUT2D eigenvalue weighted by Crippen LogP contribution is -2.42. The largest absolute Gasteiger partial charge is 0.493 e. The van der Waals surface area contributed by atoms with Crippen molar-refractivity contribution in [3.8, 4) is 11.5 Å². The van der Waals surface area contributed by atoms with E-state index in [9.17, 15) is 9.59 Å². The van der Waals surface area contributed by atoms with Gasteiger partial charge in [-0.2, -0.15) is 0 Å². The fraction of sp³-hybridized carbons (Fsp3) is 0.500. The first kappa shape index (κ1) is 23.6. The highest BCUT2D eigenvalue weighted by Gasteiger charge is 2.21. The molecular weight excluding hydrogens is 416 g/mol. The molecule has 1 fully saturated rings. The maximum atomic E-state index is 12.8. The summed E-state index contributed by atoms with van der Waals surface area (Å²) in [6.07, 6.45) is 0. The van der Waals surface area contributed by atoms with Gasteiger partial charge < -0.3 is 29.2 Å². The van der Waals surface area contributed by atoms with Gasteiger partial charge in [0.1, 0.15) is 6.54 Å². The van der Waals surface area contributed by atoms with Crippen molar-refractivity contribution in [1.82, 2.24) is 14.9 Å². The number of benzene rings is 1. The number of ether oxygens (including phenoxy) is 4. The normalized spacial score (nSPS) is 14.7. The van der Waals surface area contributed by atoms with Crippen LogP contribution in [0.25, 0.3) is 0 Å². The smallest absolute Gasteiger partial charge is 0.255 e. The number of nitrogens with one attached hydrogen (secondary N) is 1. The van der Waals surface area contributed by atoms with Gasteiger partial charge in [-0.05, 0) is 24.6 Å². The van der Waals surface area contributed by atoms with Gasteiger partial charge in [0, 0.05) is 26.3 Å². The predicted octanol–water partition coefficient (Wildman–Crippen LogP) is 1.12. The Morgan fingerprint density at radius 3 is 2.53 bits per heavy atom. The van der Waals surface area contributed by atoms with Crippen LogP contribution in [0, 0.1) is 0 Å². The van der Waals surface area contributed by atoms with Gasteiger partial charge in [0.05, 0.1) is 45.8 Å². The lowest BCUT2D eigenvalue weighted by molar-refractivity contribution is -0.122. The van der Waals surface area contributed by atoms with Crippen molar-refractivity contribution in [2.45, 2.75) is 26.1 Å². The molecule has 174 valence electrons. The Labute approximate surface area is 187 Å². The number of amides is 1. The third-order valence-corrected chi connectivity index (χ3v) is 5.21. The van der Waals surface area contributed by atoms with Gasteiger partial charge in [0.25, 0.3) is 5.56 Å². The summed E-state index contributed by atoms with van der Waals surface area (Å²) in [7, 11) is 4.67. The van der Waals surface area contributed by atoms with Crippen molar-refractivity contribution in [2.75, 3.05) is 52.5 Å². The molecule has 10 heteroatoms. The Morgan fingerprint density at radius 2 is 1.88 bits per heavy atom. The van der Waals surface area contributed by atoms with Crippen LogP contribution in [0.5, 0.6) is 11.5 Å². The molecule has 2 aromatic rings. The maximum Gasteiger partial charge on any atom is 0.255 e. The Balaban J connectivity index is 1.80. The number of hydrogen-bond donors (Lipinski definition) is 1. The quantitative estimate of drug-likeness (QED) is 0.611. The topological polar surface area (TPSA) is 104 Å². The summed E-state index contributed by atoms with van der Waals surface area (Å²) in [5.74, 6) is 1.33. The molecule has 1 saturated heterocycles. The average Bonchev–Trinajstić information content (AvgIpc) is 2.80. The third-order valence-electron chi connectivity index (χ3n) is 5.21. The second-order valence-electron chi connectivity index (χ2n) is 7.41. The number of anilines is 1. The van der Waals surface area contributed by atoms with Crippen molar-refractivity contribution in [3.63, 3.8) is 0 Å². The minimum Gasteiger partial charge on any atom is -0.493 e. The zero-order valence-electron chi connectivity index (χ0n) is 18.9. The number of morpholine rings is 1. The first-order valence-electron chi connectivity index (χ1n) is 10.4. The van der Waals surface area contributed by atoms with Crippen LogP contribution in [0.4, 0.5) is 5.95 Å². The van der Waals surface area contributed by atoms with Crippen LogP contribution in [0.1, 0.15) is 24.2 Å². The van der Waals surface area contributed by atoms with Crippen LogP contribution >= 0.6 is 0 Å². The molecule has 0 radical (unpaired) electrons. The Morgan fingerprint density at radius 1 is 1.16 bits per heavy atom. The molecule has 1 aliphatic heterocycles. The first-order chi connectivity index (χ1) is 15.5. The van der Waals surface area contributed by atoms with Crippen molar-refractivity contribution < 1.29 is 23.7 Å². The molecule has 0 saturated carbocycles. The number of rotatable bonds is 9. The highest BCUT2D eigenvalue weighted by atomic mass is 16.5. The van der Waals surface area contributed by atoms with E-state index >= 15 is 0 Å². The van der Waals surface area contributed by atoms with E-state index in [1.54, 1.807) is 27.4 Å². The molecule has 2 heterocycles. The molecule has 0 spiro atoms. The second kappa shape index (κ2) is 11.0. The average molecular weight is 447 g/mol. The molecule has 3 rings (SSSR count). The van der Waals surface area contributed by atoms with E-state index in [1.807, 2.05) is 24.0 Å². The molecule has 1 N–H and O–H groups in total. The zero-order chi connectivity index (χ0) is 23.1. The van der Waals surface area contributed by atoms with E-state index < -0.39 is 0 Å². The minimum absolute atomic E-state index is 0.149. The predicted molar refractivity (Wildman–Crippen MR) is 118 cm³/mol. The van der Waals surface area contributed by atoms with E-state index in [-0.39, 0.29) is 30.7 Å². The second-order valence-corrected chi connectivity index (χ2v) is 7.41. The van der Waals surface area contributed by atoms with Crippen molar-refractivity contribution >= 4 is 11.9 Å².